The van der Waals surface area contributed by atoms with Crippen LogP contribution < -0.4 is 5.32 Å². The molecule has 1 aromatic heterocycles. The molecule has 1 N–H and O–H groups in total. The van der Waals surface area contributed by atoms with Gasteiger partial charge in [-0.15, -0.1) is 0 Å². The molecule has 0 saturated carbocycles. The molecular weight excluding hydrogens is 386 g/mol. The normalized spacial score (nSPS) is 10.6. The number of Topliss-reactive ketones (excluding diaryl/α,β-unsaturated/α-hetero) is 1. The van der Waals surface area contributed by atoms with Crippen LogP contribution in [-0.4, -0.2) is 11.7 Å². The minimum absolute atomic E-state index is 0.0595. The summed E-state index contributed by atoms with van der Waals surface area (Å²) in [5.74, 6) is 0.756. The molecule has 0 atom stereocenters. The van der Waals surface area contributed by atoms with Crippen LogP contribution in [0.1, 0.15) is 37.6 Å². The van der Waals surface area contributed by atoms with Gasteiger partial charge in [0, 0.05) is 29.7 Å². The monoisotopic (exact) mass is 409 g/mol. The summed E-state index contributed by atoms with van der Waals surface area (Å²) < 4.78 is 6.03. The van der Waals surface area contributed by atoms with Gasteiger partial charge in [0.25, 0.3) is 5.91 Å². The molecule has 0 fully saturated rings. The molecule has 0 aliphatic rings. The third-order valence-electron chi connectivity index (χ3n) is 5.18. The molecule has 0 aliphatic carbocycles. The average molecular weight is 409 g/mol. The van der Waals surface area contributed by atoms with Crippen LogP contribution in [0.25, 0.3) is 11.3 Å². The van der Waals surface area contributed by atoms with Crippen LogP contribution in [0.5, 0.6) is 0 Å². The van der Waals surface area contributed by atoms with Crippen molar-refractivity contribution in [1.29, 1.82) is 0 Å². The van der Waals surface area contributed by atoms with Gasteiger partial charge in [-0.3, -0.25) is 9.59 Å². The van der Waals surface area contributed by atoms with Crippen LogP contribution in [-0.2, 0) is 13.0 Å². The highest BCUT2D eigenvalue weighted by Gasteiger charge is 2.26. The molecule has 0 radical (unpaired) electrons. The van der Waals surface area contributed by atoms with Gasteiger partial charge in [-0.25, -0.2) is 0 Å². The quantitative estimate of drug-likeness (QED) is 0.404. The summed E-state index contributed by atoms with van der Waals surface area (Å²) in [6.45, 7) is 2.16. The van der Waals surface area contributed by atoms with E-state index in [1.54, 1.807) is 19.1 Å². The molecule has 4 rings (SSSR count). The third-order valence-corrected chi connectivity index (χ3v) is 5.18. The number of carbonyl (C=O) groups is 2. The number of ketones is 1. The van der Waals surface area contributed by atoms with Crippen molar-refractivity contribution >= 4 is 11.7 Å². The van der Waals surface area contributed by atoms with Crippen molar-refractivity contribution < 1.29 is 14.0 Å². The second kappa shape index (κ2) is 9.26. The zero-order valence-electron chi connectivity index (χ0n) is 17.3. The van der Waals surface area contributed by atoms with E-state index in [1.165, 1.54) is 0 Å². The smallest absolute Gasteiger partial charge is 0.255 e. The van der Waals surface area contributed by atoms with Crippen molar-refractivity contribution in [3.05, 3.63) is 119 Å². The Kier molecular flexibility index (Phi) is 6.08. The lowest BCUT2D eigenvalue weighted by Gasteiger charge is -2.08. The minimum Gasteiger partial charge on any atom is -0.460 e. The van der Waals surface area contributed by atoms with Gasteiger partial charge >= 0.3 is 0 Å². The number of benzene rings is 3. The van der Waals surface area contributed by atoms with E-state index in [9.17, 15) is 9.59 Å². The predicted octanol–water partition coefficient (Wildman–Crippen LogP) is 5.61. The zero-order chi connectivity index (χ0) is 21.6. The first-order valence-electron chi connectivity index (χ1n) is 10.2. The molecule has 0 bridgehead atoms. The van der Waals surface area contributed by atoms with Gasteiger partial charge in [0.05, 0.1) is 5.56 Å². The van der Waals surface area contributed by atoms with Crippen molar-refractivity contribution in [2.75, 3.05) is 0 Å². The molecule has 31 heavy (non-hydrogen) atoms. The van der Waals surface area contributed by atoms with E-state index in [1.807, 2.05) is 78.9 Å². The first-order valence-corrected chi connectivity index (χ1v) is 10.2. The maximum Gasteiger partial charge on any atom is 0.255 e. The van der Waals surface area contributed by atoms with Crippen LogP contribution in [0, 0.1) is 6.92 Å². The Morgan fingerprint density at radius 3 is 2.03 bits per heavy atom. The van der Waals surface area contributed by atoms with Gasteiger partial charge in [0.15, 0.2) is 5.78 Å². The highest BCUT2D eigenvalue weighted by molar-refractivity contribution is 6.03. The fourth-order valence-corrected chi connectivity index (χ4v) is 3.63. The van der Waals surface area contributed by atoms with E-state index in [4.69, 9.17) is 4.42 Å². The highest BCUT2D eigenvalue weighted by atomic mass is 16.3. The summed E-state index contributed by atoms with van der Waals surface area (Å²) in [5, 5.41) is 2.96. The van der Waals surface area contributed by atoms with Crippen LogP contribution >= 0.6 is 0 Å². The molecule has 0 saturated heterocycles. The van der Waals surface area contributed by atoms with E-state index < -0.39 is 0 Å². The lowest BCUT2D eigenvalue weighted by Crippen LogP contribution is -2.24. The van der Waals surface area contributed by atoms with Gasteiger partial charge in [-0.2, -0.15) is 0 Å². The molecule has 154 valence electrons. The Labute approximate surface area is 181 Å². The summed E-state index contributed by atoms with van der Waals surface area (Å²) in [6.07, 6.45) is 0.0830. The fourth-order valence-electron chi connectivity index (χ4n) is 3.63. The fraction of sp³-hybridized carbons (Fsp3) is 0.111. The van der Waals surface area contributed by atoms with Gasteiger partial charge in [0.2, 0.25) is 0 Å². The van der Waals surface area contributed by atoms with E-state index in [-0.39, 0.29) is 18.1 Å². The Bertz CT molecular complexity index is 1180. The number of nitrogens with one attached hydrogen (secondary N) is 1. The van der Waals surface area contributed by atoms with Crippen LogP contribution in [0.3, 0.4) is 0 Å². The largest absolute Gasteiger partial charge is 0.460 e. The number of aryl methyl sites for hydroxylation is 1. The van der Waals surface area contributed by atoms with E-state index in [0.29, 0.717) is 34.8 Å². The number of carbonyl (C=O) groups excluding carboxylic acids is 2. The second-order valence-electron chi connectivity index (χ2n) is 7.34. The first-order chi connectivity index (χ1) is 15.1. The predicted molar refractivity (Wildman–Crippen MR) is 121 cm³/mol. The SMILES string of the molecule is Cc1oc(-c2ccccc2)c(CC(=O)c2ccccc2)c1C(=O)NCc1ccccc1. The van der Waals surface area contributed by atoms with E-state index in [2.05, 4.69) is 5.32 Å². The Balaban J connectivity index is 1.69. The minimum atomic E-state index is -0.247. The third kappa shape index (κ3) is 4.64. The Morgan fingerprint density at radius 1 is 0.806 bits per heavy atom. The van der Waals surface area contributed by atoms with E-state index >= 15 is 0 Å². The summed E-state index contributed by atoms with van der Waals surface area (Å²) >= 11 is 0. The standard InChI is InChI=1S/C27H23NO3/c1-19-25(27(30)28-18-20-11-5-2-6-12-20)23(17-24(29)21-13-7-3-8-14-21)26(31-19)22-15-9-4-10-16-22/h2-16H,17-18H2,1H3,(H,28,30). The summed E-state index contributed by atoms with van der Waals surface area (Å²) in [5.41, 5.74) is 3.49. The molecule has 1 heterocycles. The number of rotatable bonds is 7. The average Bonchev–Trinajstić information content (AvgIpc) is 3.15. The molecule has 4 nitrogen and oxygen atoms in total. The lowest BCUT2D eigenvalue weighted by atomic mass is 9.96. The molecule has 0 aliphatic heterocycles. The second-order valence-corrected chi connectivity index (χ2v) is 7.34. The molecule has 0 spiro atoms. The maximum absolute atomic E-state index is 13.1. The summed E-state index contributed by atoms with van der Waals surface area (Å²) in [7, 11) is 0. The van der Waals surface area contributed by atoms with Crippen molar-refractivity contribution in [2.45, 2.75) is 19.9 Å². The Hall–Kier alpha value is -3.92. The van der Waals surface area contributed by atoms with Crippen LogP contribution in [0.4, 0.5) is 0 Å². The first kappa shape index (κ1) is 20.4. The topological polar surface area (TPSA) is 59.3 Å². The van der Waals surface area contributed by atoms with Gasteiger partial charge in [-0.05, 0) is 12.5 Å². The summed E-state index contributed by atoms with van der Waals surface area (Å²) in [6, 6.07) is 28.4. The van der Waals surface area contributed by atoms with E-state index in [0.717, 1.165) is 11.1 Å². The molecule has 0 unspecified atom stereocenters. The van der Waals surface area contributed by atoms with Crippen molar-refractivity contribution in [2.24, 2.45) is 0 Å². The number of hydrogen-bond donors (Lipinski definition) is 1. The Morgan fingerprint density at radius 2 is 1.39 bits per heavy atom. The van der Waals surface area contributed by atoms with Crippen molar-refractivity contribution in [3.8, 4) is 11.3 Å². The molecular formula is C27H23NO3. The maximum atomic E-state index is 13.1. The van der Waals surface area contributed by atoms with Gasteiger partial charge in [-0.1, -0.05) is 91.0 Å². The lowest BCUT2D eigenvalue weighted by molar-refractivity contribution is 0.0948. The molecule has 4 aromatic rings. The highest BCUT2D eigenvalue weighted by Crippen LogP contribution is 2.32. The molecule has 3 aromatic carbocycles. The number of amides is 1. The van der Waals surface area contributed by atoms with Crippen molar-refractivity contribution in [3.63, 3.8) is 0 Å². The van der Waals surface area contributed by atoms with Crippen LogP contribution in [0.15, 0.2) is 95.4 Å². The van der Waals surface area contributed by atoms with Crippen LogP contribution in [0.2, 0.25) is 0 Å². The molecule has 1 amide bonds. The van der Waals surface area contributed by atoms with Gasteiger partial charge < -0.3 is 9.73 Å². The molecule has 4 heteroatoms. The van der Waals surface area contributed by atoms with Gasteiger partial charge in [0.1, 0.15) is 11.5 Å². The zero-order valence-corrected chi connectivity index (χ0v) is 17.3. The van der Waals surface area contributed by atoms with Crippen molar-refractivity contribution in [1.82, 2.24) is 5.32 Å². The number of furan rings is 1. The summed E-state index contributed by atoms with van der Waals surface area (Å²) in [4.78, 5) is 26.1. The number of hydrogen-bond acceptors (Lipinski definition) is 3.